The van der Waals surface area contributed by atoms with E-state index in [0.29, 0.717) is 18.9 Å². The fraction of sp³-hybridized carbons (Fsp3) is 0.571. The Labute approximate surface area is 128 Å². The normalized spacial score (nSPS) is 22.7. The second-order valence-electron chi connectivity index (χ2n) is 5.51. The van der Waals surface area contributed by atoms with Crippen LogP contribution in [0.3, 0.4) is 0 Å². The molecule has 0 unspecified atom stereocenters. The number of hydrogen-bond acceptors (Lipinski definition) is 2. The van der Waals surface area contributed by atoms with Crippen LogP contribution in [0.4, 0.5) is 26.3 Å². The summed E-state index contributed by atoms with van der Waals surface area (Å²) in [5.41, 5.74) is -1.25. The molecule has 23 heavy (non-hydrogen) atoms. The fourth-order valence-electron chi connectivity index (χ4n) is 2.58. The summed E-state index contributed by atoms with van der Waals surface area (Å²) in [4.78, 5) is 15.1. The van der Waals surface area contributed by atoms with Crippen molar-refractivity contribution in [3.8, 4) is 0 Å². The number of nitrogens with zero attached hydrogens (tertiary/aromatic N) is 1. The smallest absolute Gasteiger partial charge is 0.349 e. The number of halogens is 6. The summed E-state index contributed by atoms with van der Waals surface area (Å²) in [6, 6.07) is 0.967. The molecule has 2 atom stereocenters. The molecule has 1 aromatic heterocycles. The highest BCUT2D eigenvalue weighted by molar-refractivity contribution is 5.94. The average Bonchev–Trinajstić information content (AvgIpc) is 2.46. The van der Waals surface area contributed by atoms with Crippen LogP contribution in [-0.4, -0.2) is 23.1 Å². The van der Waals surface area contributed by atoms with Gasteiger partial charge in [0.15, 0.2) is 0 Å². The molecule has 1 saturated carbocycles. The lowest BCUT2D eigenvalue weighted by Gasteiger charge is -2.31. The molecule has 1 aromatic rings. The highest BCUT2D eigenvalue weighted by atomic mass is 19.4. The Bertz CT molecular complexity index is 552. The Balaban J connectivity index is 1.99. The Kier molecular flexibility index (Phi) is 4.86. The molecule has 0 saturated heterocycles. The molecule has 1 N–H and O–H groups in total. The quantitative estimate of drug-likeness (QED) is 0.829. The maximum atomic E-state index is 12.7. The number of amides is 1. The standard InChI is InChI=1S/C14H14F6N2O/c15-13(16,17)9-2-1-3-10(6-9)22-12(23)8-4-5-11(21-7-8)14(18,19)20/h4-5,7,9-10H,1-3,6H2,(H,22,23)/t9-,10+/m1/s1. The highest BCUT2D eigenvalue weighted by Gasteiger charge is 2.42. The first-order valence-electron chi connectivity index (χ1n) is 6.98. The van der Waals surface area contributed by atoms with Gasteiger partial charge in [0.2, 0.25) is 0 Å². The molecule has 0 radical (unpaired) electrons. The third-order valence-electron chi connectivity index (χ3n) is 3.79. The number of nitrogens with one attached hydrogen (secondary N) is 1. The molecule has 9 heteroatoms. The zero-order valence-electron chi connectivity index (χ0n) is 11.8. The molecular formula is C14H14F6N2O. The van der Waals surface area contributed by atoms with Gasteiger partial charge in [-0.05, 0) is 31.4 Å². The van der Waals surface area contributed by atoms with Gasteiger partial charge in [-0.1, -0.05) is 6.42 Å². The fourth-order valence-corrected chi connectivity index (χ4v) is 2.58. The second-order valence-corrected chi connectivity index (χ2v) is 5.51. The summed E-state index contributed by atoms with van der Waals surface area (Å²) < 4.78 is 75.2. The third-order valence-corrected chi connectivity index (χ3v) is 3.79. The maximum Gasteiger partial charge on any atom is 0.433 e. The zero-order valence-corrected chi connectivity index (χ0v) is 11.8. The molecular weight excluding hydrogens is 326 g/mol. The van der Waals surface area contributed by atoms with Crippen LogP contribution in [0.25, 0.3) is 0 Å². The van der Waals surface area contributed by atoms with E-state index < -0.39 is 35.9 Å². The van der Waals surface area contributed by atoms with Gasteiger partial charge in [-0.3, -0.25) is 9.78 Å². The Morgan fingerprint density at radius 2 is 1.83 bits per heavy atom. The van der Waals surface area contributed by atoms with Crippen molar-refractivity contribution in [2.45, 2.75) is 44.1 Å². The summed E-state index contributed by atoms with van der Waals surface area (Å²) in [6.45, 7) is 0. The molecule has 1 amide bonds. The first kappa shape index (κ1) is 17.6. The molecule has 0 spiro atoms. The molecule has 0 aliphatic heterocycles. The van der Waals surface area contributed by atoms with Gasteiger partial charge < -0.3 is 5.32 Å². The van der Waals surface area contributed by atoms with E-state index in [2.05, 4.69) is 10.3 Å². The zero-order chi connectivity index (χ0) is 17.3. The van der Waals surface area contributed by atoms with Crippen LogP contribution in [-0.2, 0) is 6.18 Å². The topological polar surface area (TPSA) is 42.0 Å². The summed E-state index contributed by atoms with van der Waals surface area (Å²) in [5.74, 6) is -2.19. The van der Waals surface area contributed by atoms with Crippen molar-refractivity contribution in [1.29, 1.82) is 0 Å². The minimum atomic E-state index is -4.61. The Morgan fingerprint density at radius 1 is 1.13 bits per heavy atom. The molecule has 1 heterocycles. The van der Waals surface area contributed by atoms with E-state index in [4.69, 9.17) is 0 Å². The molecule has 0 bridgehead atoms. The highest BCUT2D eigenvalue weighted by Crippen LogP contribution is 2.37. The number of carbonyl (C=O) groups is 1. The summed E-state index contributed by atoms with van der Waals surface area (Å²) in [5, 5.41) is 2.44. The van der Waals surface area contributed by atoms with Crippen molar-refractivity contribution in [2.24, 2.45) is 5.92 Å². The number of carbonyl (C=O) groups excluding carboxylic acids is 1. The maximum absolute atomic E-state index is 12.7. The van der Waals surface area contributed by atoms with Crippen LogP contribution in [0.2, 0.25) is 0 Å². The van der Waals surface area contributed by atoms with E-state index in [0.717, 1.165) is 12.3 Å². The van der Waals surface area contributed by atoms with E-state index in [-0.39, 0.29) is 18.4 Å². The summed E-state index contributed by atoms with van der Waals surface area (Å²) >= 11 is 0. The molecule has 3 nitrogen and oxygen atoms in total. The minimum Gasteiger partial charge on any atom is -0.349 e. The first-order valence-corrected chi connectivity index (χ1v) is 6.98. The lowest BCUT2D eigenvalue weighted by atomic mass is 9.85. The Hall–Kier alpha value is -1.80. The summed E-state index contributed by atoms with van der Waals surface area (Å²) in [6.07, 6.45) is -7.60. The van der Waals surface area contributed by atoms with Gasteiger partial charge in [-0.15, -0.1) is 0 Å². The van der Waals surface area contributed by atoms with Crippen LogP contribution in [0, 0.1) is 5.92 Å². The van der Waals surface area contributed by atoms with E-state index in [1.54, 1.807) is 0 Å². The predicted molar refractivity (Wildman–Crippen MR) is 68.5 cm³/mol. The van der Waals surface area contributed by atoms with E-state index >= 15 is 0 Å². The molecule has 1 aliphatic carbocycles. The van der Waals surface area contributed by atoms with E-state index in [1.807, 2.05) is 0 Å². The number of pyridine rings is 1. The van der Waals surface area contributed by atoms with Crippen molar-refractivity contribution in [3.63, 3.8) is 0 Å². The average molecular weight is 340 g/mol. The largest absolute Gasteiger partial charge is 0.433 e. The summed E-state index contributed by atoms with van der Waals surface area (Å²) in [7, 11) is 0. The third kappa shape index (κ3) is 4.59. The van der Waals surface area contributed by atoms with Gasteiger partial charge in [0.25, 0.3) is 5.91 Å². The van der Waals surface area contributed by atoms with Crippen molar-refractivity contribution in [2.75, 3.05) is 0 Å². The number of hydrogen-bond donors (Lipinski definition) is 1. The molecule has 2 rings (SSSR count). The minimum absolute atomic E-state index is 0.0255. The lowest BCUT2D eigenvalue weighted by molar-refractivity contribution is -0.183. The van der Waals surface area contributed by atoms with Gasteiger partial charge in [0.1, 0.15) is 5.69 Å². The van der Waals surface area contributed by atoms with Crippen molar-refractivity contribution in [1.82, 2.24) is 10.3 Å². The first-order chi connectivity index (χ1) is 10.6. The van der Waals surface area contributed by atoms with Gasteiger partial charge in [0, 0.05) is 12.2 Å². The number of rotatable bonds is 2. The Morgan fingerprint density at radius 3 is 2.35 bits per heavy atom. The SMILES string of the molecule is O=C(N[C@H]1CCC[C@@H](C(F)(F)F)C1)c1ccc(C(F)(F)F)nc1. The van der Waals surface area contributed by atoms with Crippen molar-refractivity contribution < 1.29 is 31.1 Å². The molecule has 1 fully saturated rings. The van der Waals surface area contributed by atoms with Crippen LogP contribution < -0.4 is 5.32 Å². The second kappa shape index (κ2) is 6.37. The van der Waals surface area contributed by atoms with Crippen molar-refractivity contribution in [3.05, 3.63) is 29.6 Å². The van der Waals surface area contributed by atoms with E-state index in [1.165, 1.54) is 0 Å². The van der Waals surface area contributed by atoms with Crippen LogP contribution in [0.5, 0.6) is 0 Å². The van der Waals surface area contributed by atoms with Crippen LogP contribution >= 0.6 is 0 Å². The van der Waals surface area contributed by atoms with E-state index in [9.17, 15) is 31.1 Å². The number of alkyl halides is 6. The van der Waals surface area contributed by atoms with Crippen molar-refractivity contribution >= 4 is 5.91 Å². The monoisotopic (exact) mass is 340 g/mol. The van der Waals surface area contributed by atoms with Crippen LogP contribution in [0.15, 0.2) is 18.3 Å². The van der Waals surface area contributed by atoms with Gasteiger partial charge in [-0.25, -0.2) is 0 Å². The number of aromatic nitrogens is 1. The predicted octanol–water partition coefficient (Wildman–Crippen LogP) is 3.95. The van der Waals surface area contributed by atoms with Crippen LogP contribution in [0.1, 0.15) is 41.7 Å². The molecule has 1 aliphatic rings. The molecule has 0 aromatic carbocycles. The van der Waals surface area contributed by atoms with Gasteiger partial charge >= 0.3 is 12.4 Å². The van der Waals surface area contributed by atoms with Gasteiger partial charge in [0.05, 0.1) is 11.5 Å². The lowest BCUT2D eigenvalue weighted by Crippen LogP contribution is -2.41. The van der Waals surface area contributed by atoms with Gasteiger partial charge in [-0.2, -0.15) is 26.3 Å². The molecule has 128 valence electrons.